The lowest BCUT2D eigenvalue weighted by molar-refractivity contribution is 0.0996. The first-order valence-electron chi connectivity index (χ1n) is 8.58. The molecule has 6 heteroatoms. The highest BCUT2D eigenvalue weighted by molar-refractivity contribution is 6.02. The number of aryl methyl sites for hydroxylation is 2. The minimum atomic E-state index is -0.285. The average molecular weight is 362 g/mol. The third-order valence-corrected chi connectivity index (χ3v) is 3.88. The van der Waals surface area contributed by atoms with Crippen molar-refractivity contribution in [1.29, 1.82) is 0 Å². The van der Waals surface area contributed by atoms with Crippen LogP contribution in [0.3, 0.4) is 0 Å². The van der Waals surface area contributed by atoms with Crippen molar-refractivity contribution in [3.8, 4) is 0 Å². The van der Waals surface area contributed by atoms with E-state index in [-0.39, 0.29) is 11.7 Å². The van der Waals surface area contributed by atoms with Gasteiger partial charge in [-0.2, -0.15) is 0 Å². The molecule has 0 aliphatic heterocycles. The first-order chi connectivity index (χ1) is 13.0. The van der Waals surface area contributed by atoms with Crippen molar-refractivity contribution in [1.82, 2.24) is 0 Å². The molecule has 1 aromatic heterocycles. The summed E-state index contributed by atoms with van der Waals surface area (Å²) in [6.07, 6.45) is 1.46. The van der Waals surface area contributed by atoms with Crippen LogP contribution >= 0.6 is 0 Å². The molecule has 0 bridgehead atoms. The number of furan rings is 1. The zero-order valence-electron chi connectivity index (χ0n) is 15.3. The van der Waals surface area contributed by atoms with Crippen LogP contribution in [0, 0.1) is 13.8 Å². The van der Waals surface area contributed by atoms with E-state index in [0.717, 1.165) is 22.4 Å². The Morgan fingerprint density at radius 3 is 2.33 bits per heavy atom. The summed E-state index contributed by atoms with van der Waals surface area (Å²) < 4.78 is 5.07. The summed E-state index contributed by atoms with van der Waals surface area (Å²) in [4.78, 5) is 16.3. The molecule has 0 atom stereocenters. The Bertz CT molecular complexity index is 925. The van der Waals surface area contributed by atoms with Crippen LogP contribution < -0.4 is 16.4 Å². The summed E-state index contributed by atoms with van der Waals surface area (Å²) >= 11 is 0. The average Bonchev–Trinajstić information content (AvgIpc) is 3.15. The lowest BCUT2D eigenvalue weighted by Crippen LogP contribution is -2.22. The molecule has 0 spiro atoms. The molecule has 0 radical (unpaired) electrons. The normalized spacial score (nSPS) is 11.3. The third-order valence-electron chi connectivity index (χ3n) is 3.88. The molecule has 4 N–H and O–H groups in total. The molecule has 0 aliphatic rings. The van der Waals surface area contributed by atoms with Crippen molar-refractivity contribution in [3.63, 3.8) is 0 Å². The molecule has 0 saturated carbocycles. The summed E-state index contributed by atoms with van der Waals surface area (Å²) in [5, 5.41) is 5.88. The molecule has 27 heavy (non-hydrogen) atoms. The fourth-order valence-corrected chi connectivity index (χ4v) is 2.70. The number of amides is 1. The van der Waals surface area contributed by atoms with Gasteiger partial charge in [0.25, 0.3) is 5.91 Å². The number of nitrogens with two attached hydrogens (primary N) is 1. The summed E-state index contributed by atoms with van der Waals surface area (Å²) in [5.74, 6) is 0.344. The number of carbonyl (C=O) groups is 1. The molecule has 1 amide bonds. The fraction of sp³-hybridized carbons (Fsp3) is 0.143. The molecule has 0 aliphatic carbocycles. The van der Waals surface area contributed by atoms with Crippen LogP contribution in [0.1, 0.15) is 27.2 Å². The van der Waals surface area contributed by atoms with Crippen LogP contribution in [0.2, 0.25) is 0 Å². The molecule has 6 nitrogen and oxygen atoms in total. The van der Waals surface area contributed by atoms with Gasteiger partial charge in [-0.05, 0) is 66.9 Å². The maximum Gasteiger partial charge on any atom is 0.291 e. The Morgan fingerprint density at radius 2 is 1.70 bits per heavy atom. The molecular weight excluding hydrogens is 340 g/mol. The number of hydrogen-bond donors (Lipinski definition) is 3. The number of guanidine groups is 1. The van der Waals surface area contributed by atoms with Crippen molar-refractivity contribution in [2.75, 3.05) is 10.6 Å². The Kier molecular flexibility index (Phi) is 5.56. The number of hydrogen-bond acceptors (Lipinski definition) is 3. The highest BCUT2D eigenvalue weighted by Gasteiger charge is 2.08. The van der Waals surface area contributed by atoms with E-state index < -0.39 is 0 Å². The Balaban J connectivity index is 1.57. The predicted octanol–water partition coefficient (Wildman–Crippen LogP) is 4.08. The molecule has 0 fully saturated rings. The van der Waals surface area contributed by atoms with Gasteiger partial charge in [-0.15, -0.1) is 0 Å². The van der Waals surface area contributed by atoms with Crippen LogP contribution in [0.25, 0.3) is 0 Å². The molecule has 3 aromatic rings. The fourth-order valence-electron chi connectivity index (χ4n) is 2.70. The zero-order chi connectivity index (χ0) is 19.2. The van der Waals surface area contributed by atoms with E-state index in [1.54, 1.807) is 12.1 Å². The van der Waals surface area contributed by atoms with Gasteiger partial charge in [0.1, 0.15) is 0 Å². The van der Waals surface area contributed by atoms with Gasteiger partial charge >= 0.3 is 0 Å². The van der Waals surface area contributed by atoms with Crippen molar-refractivity contribution in [3.05, 3.63) is 83.3 Å². The summed E-state index contributed by atoms with van der Waals surface area (Å²) in [6.45, 7) is 4.52. The van der Waals surface area contributed by atoms with Crippen molar-refractivity contribution in [2.24, 2.45) is 10.7 Å². The van der Waals surface area contributed by atoms with E-state index in [4.69, 9.17) is 10.2 Å². The molecular formula is C21H22N4O2. The summed E-state index contributed by atoms with van der Waals surface area (Å²) in [5.41, 5.74) is 10.9. The van der Waals surface area contributed by atoms with Gasteiger partial charge < -0.3 is 20.8 Å². The standard InChI is InChI=1S/C21H22N4O2/c1-14-10-15(2)12-18(11-14)25-21(22)23-13-16-5-7-17(8-6-16)24-20(26)19-4-3-9-27-19/h3-12H,13H2,1-2H3,(H,24,26)(H3,22,23,25). The van der Waals surface area contributed by atoms with E-state index in [2.05, 4.69) is 21.7 Å². The SMILES string of the molecule is Cc1cc(C)cc(NC(N)=NCc2ccc(NC(=O)c3ccco3)cc2)c1. The number of nitrogens with one attached hydrogen (secondary N) is 2. The second-order valence-electron chi connectivity index (χ2n) is 6.33. The first-order valence-corrected chi connectivity index (χ1v) is 8.58. The Labute approximate surface area is 158 Å². The Morgan fingerprint density at radius 1 is 1.00 bits per heavy atom. The van der Waals surface area contributed by atoms with Gasteiger partial charge in [-0.1, -0.05) is 18.2 Å². The number of nitrogens with zero attached hydrogens (tertiary/aromatic N) is 1. The van der Waals surface area contributed by atoms with E-state index in [1.807, 2.05) is 50.2 Å². The Hall–Kier alpha value is -3.54. The number of anilines is 2. The van der Waals surface area contributed by atoms with Crippen LogP contribution in [-0.2, 0) is 6.54 Å². The summed E-state index contributed by atoms with van der Waals surface area (Å²) in [7, 11) is 0. The quantitative estimate of drug-likeness (QED) is 0.471. The number of aliphatic imine (C=N–C) groups is 1. The molecule has 0 unspecified atom stereocenters. The highest BCUT2D eigenvalue weighted by Crippen LogP contribution is 2.14. The van der Waals surface area contributed by atoms with Gasteiger partial charge in [-0.25, -0.2) is 4.99 Å². The van der Waals surface area contributed by atoms with Gasteiger partial charge in [0, 0.05) is 11.4 Å². The van der Waals surface area contributed by atoms with Gasteiger partial charge in [-0.3, -0.25) is 4.79 Å². The lowest BCUT2D eigenvalue weighted by atomic mass is 10.1. The predicted molar refractivity (Wildman–Crippen MR) is 108 cm³/mol. The van der Waals surface area contributed by atoms with E-state index in [0.29, 0.717) is 18.2 Å². The minimum Gasteiger partial charge on any atom is -0.459 e. The smallest absolute Gasteiger partial charge is 0.291 e. The highest BCUT2D eigenvalue weighted by atomic mass is 16.3. The van der Waals surface area contributed by atoms with E-state index in [9.17, 15) is 4.79 Å². The summed E-state index contributed by atoms with van der Waals surface area (Å²) in [6, 6.07) is 16.9. The van der Waals surface area contributed by atoms with E-state index in [1.165, 1.54) is 6.26 Å². The van der Waals surface area contributed by atoms with Gasteiger partial charge in [0.05, 0.1) is 12.8 Å². The second kappa shape index (κ2) is 8.23. The molecule has 3 rings (SSSR count). The molecule has 0 saturated heterocycles. The zero-order valence-corrected chi connectivity index (χ0v) is 15.3. The third kappa shape index (κ3) is 5.22. The van der Waals surface area contributed by atoms with Crippen LogP contribution in [0.4, 0.5) is 11.4 Å². The van der Waals surface area contributed by atoms with Crippen LogP contribution in [0.15, 0.2) is 70.3 Å². The van der Waals surface area contributed by atoms with Crippen LogP contribution in [-0.4, -0.2) is 11.9 Å². The van der Waals surface area contributed by atoms with Gasteiger partial charge in [0.15, 0.2) is 11.7 Å². The first kappa shape index (κ1) is 18.3. The van der Waals surface area contributed by atoms with Crippen molar-refractivity contribution in [2.45, 2.75) is 20.4 Å². The number of carbonyl (C=O) groups excluding carboxylic acids is 1. The second-order valence-corrected chi connectivity index (χ2v) is 6.33. The van der Waals surface area contributed by atoms with Crippen molar-refractivity contribution >= 4 is 23.2 Å². The number of benzene rings is 2. The maximum absolute atomic E-state index is 11.9. The maximum atomic E-state index is 11.9. The van der Waals surface area contributed by atoms with Crippen LogP contribution in [0.5, 0.6) is 0 Å². The molecule has 1 heterocycles. The van der Waals surface area contributed by atoms with E-state index >= 15 is 0 Å². The molecule has 138 valence electrons. The minimum absolute atomic E-state index is 0.272. The number of rotatable bonds is 5. The monoisotopic (exact) mass is 362 g/mol. The topological polar surface area (TPSA) is 92.6 Å². The largest absolute Gasteiger partial charge is 0.459 e. The van der Waals surface area contributed by atoms with Gasteiger partial charge in [0.2, 0.25) is 0 Å². The lowest BCUT2D eigenvalue weighted by Gasteiger charge is -2.08. The molecule has 2 aromatic carbocycles. The van der Waals surface area contributed by atoms with Crippen molar-refractivity contribution < 1.29 is 9.21 Å².